The number of aryl methyl sites for hydroxylation is 1. The number of para-hydroxylation sites is 1. The van der Waals surface area contributed by atoms with Crippen LogP contribution in [0.2, 0.25) is 5.02 Å². The van der Waals surface area contributed by atoms with E-state index in [2.05, 4.69) is 51.1 Å². The zero-order valence-electron chi connectivity index (χ0n) is 20.7. The third-order valence-electron chi connectivity index (χ3n) is 6.69. The van der Waals surface area contributed by atoms with E-state index in [9.17, 15) is 4.79 Å². The van der Waals surface area contributed by atoms with E-state index in [0.717, 1.165) is 34.0 Å². The molecule has 6 nitrogen and oxygen atoms in total. The van der Waals surface area contributed by atoms with Crippen molar-refractivity contribution in [3.63, 3.8) is 0 Å². The van der Waals surface area contributed by atoms with Crippen LogP contribution in [0.5, 0.6) is 0 Å². The second-order valence-corrected chi connectivity index (χ2v) is 9.95. The lowest BCUT2D eigenvalue weighted by Gasteiger charge is -2.28. The molecular formula is C29H28ClN5OS. The topological polar surface area (TPSA) is 62.2 Å². The van der Waals surface area contributed by atoms with Gasteiger partial charge in [0.15, 0.2) is 5.11 Å². The first-order valence-corrected chi connectivity index (χ1v) is 13.0. The molecule has 0 saturated carbocycles. The number of carbonyl (C=O) groups is 1. The van der Waals surface area contributed by atoms with Crippen LogP contribution >= 0.6 is 23.8 Å². The summed E-state index contributed by atoms with van der Waals surface area (Å²) in [7, 11) is 0. The van der Waals surface area contributed by atoms with Gasteiger partial charge >= 0.3 is 0 Å². The van der Waals surface area contributed by atoms with E-state index in [1.165, 1.54) is 0 Å². The predicted molar refractivity (Wildman–Crippen MR) is 152 cm³/mol. The number of aromatic nitrogens is 2. The number of carbonyl (C=O) groups excluding carboxylic acids is 1. The highest BCUT2D eigenvalue weighted by Crippen LogP contribution is 2.41. The number of anilines is 1. The Kier molecular flexibility index (Phi) is 7.26. The van der Waals surface area contributed by atoms with Gasteiger partial charge < -0.3 is 20.1 Å². The molecule has 37 heavy (non-hydrogen) atoms. The summed E-state index contributed by atoms with van der Waals surface area (Å²) >= 11 is 12.1. The molecule has 1 aliphatic heterocycles. The molecule has 2 aromatic heterocycles. The van der Waals surface area contributed by atoms with Crippen molar-refractivity contribution in [2.75, 3.05) is 11.9 Å². The van der Waals surface area contributed by atoms with Gasteiger partial charge in [-0.05, 0) is 80.2 Å². The monoisotopic (exact) mass is 529 g/mol. The average Bonchev–Trinajstić information content (AvgIpc) is 3.38. The molecule has 1 amide bonds. The SMILES string of the molecule is Cc1cc([C@H]2[C@@H](c3ccccn3)NC(=S)N2CCC(=O)Nc2ccccc2)c(C)n1-c1cccc(Cl)c1. The number of nitrogens with zero attached hydrogens (tertiary/aromatic N) is 3. The summed E-state index contributed by atoms with van der Waals surface area (Å²) in [5.41, 5.74) is 6.00. The van der Waals surface area contributed by atoms with E-state index in [1.807, 2.05) is 66.7 Å². The molecule has 8 heteroatoms. The fourth-order valence-electron chi connectivity index (χ4n) is 5.05. The third kappa shape index (κ3) is 5.24. The Morgan fingerprint density at radius 3 is 2.57 bits per heavy atom. The Labute approximate surface area is 227 Å². The van der Waals surface area contributed by atoms with Crippen molar-refractivity contribution in [1.29, 1.82) is 0 Å². The number of amides is 1. The van der Waals surface area contributed by atoms with Crippen molar-refractivity contribution in [1.82, 2.24) is 19.8 Å². The zero-order chi connectivity index (χ0) is 25.9. The van der Waals surface area contributed by atoms with Crippen molar-refractivity contribution in [2.45, 2.75) is 32.4 Å². The quantitative estimate of drug-likeness (QED) is 0.281. The summed E-state index contributed by atoms with van der Waals surface area (Å²) in [4.78, 5) is 19.5. The predicted octanol–water partition coefficient (Wildman–Crippen LogP) is 6.14. The number of hydrogen-bond acceptors (Lipinski definition) is 3. The van der Waals surface area contributed by atoms with Gasteiger partial charge in [-0.15, -0.1) is 0 Å². The smallest absolute Gasteiger partial charge is 0.226 e. The van der Waals surface area contributed by atoms with Crippen LogP contribution in [0.25, 0.3) is 5.69 Å². The van der Waals surface area contributed by atoms with Crippen molar-refractivity contribution >= 4 is 40.5 Å². The normalized spacial score (nSPS) is 17.1. The molecule has 1 saturated heterocycles. The highest BCUT2D eigenvalue weighted by atomic mass is 35.5. The van der Waals surface area contributed by atoms with Gasteiger partial charge in [-0.2, -0.15) is 0 Å². The van der Waals surface area contributed by atoms with Gasteiger partial charge in [0.2, 0.25) is 5.91 Å². The summed E-state index contributed by atoms with van der Waals surface area (Å²) < 4.78 is 2.21. The first-order chi connectivity index (χ1) is 17.9. The number of rotatable bonds is 7. The molecule has 5 rings (SSSR count). The lowest BCUT2D eigenvalue weighted by Crippen LogP contribution is -2.32. The minimum Gasteiger partial charge on any atom is -0.352 e. The van der Waals surface area contributed by atoms with Crippen LogP contribution in [0.15, 0.2) is 85.1 Å². The van der Waals surface area contributed by atoms with Crippen molar-refractivity contribution in [3.05, 3.63) is 113 Å². The molecule has 2 atom stereocenters. The van der Waals surface area contributed by atoms with Crippen molar-refractivity contribution in [2.24, 2.45) is 0 Å². The summed E-state index contributed by atoms with van der Waals surface area (Å²) in [6.07, 6.45) is 2.09. The van der Waals surface area contributed by atoms with Crippen LogP contribution in [0, 0.1) is 13.8 Å². The molecule has 1 aliphatic rings. The Bertz CT molecular complexity index is 1420. The van der Waals surface area contributed by atoms with Crippen molar-refractivity contribution in [3.8, 4) is 5.69 Å². The first kappa shape index (κ1) is 25.0. The van der Waals surface area contributed by atoms with E-state index >= 15 is 0 Å². The molecule has 188 valence electrons. The lowest BCUT2D eigenvalue weighted by atomic mass is 9.96. The molecule has 0 radical (unpaired) electrons. The van der Waals surface area contributed by atoms with Gasteiger partial charge in [0.05, 0.1) is 17.8 Å². The maximum absolute atomic E-state index is 12.8. The Morgan fingerprint density at radius 1 is 1.05 bits per heavy atom. The van der Waals surface area contributed by atoms with Crippen LogP contribution in [0.1, 0.15) is 41.1 Å². The second kappa shape index (κ2) is 10.7. The highest BCUT2D eigenvalue weighted by Gasteiger charge is 2.41. The van der Waals surface area contributed by atoms with E-state index in [0.29, 0.717) is 23.1 Å². The Morgan fingerprint density at radius 2 is 1.84 bits per heavy atom. The van der Waals surface area contributed by atoms with Gasteiger partial charge in [0.1, 0.15) is 0 Å². The summed E-state index contributed by atoms with van der Waals surface area (Å²) in [6.45, 7) is 4.67. The Hall–Kier alpha value is -3.68. The molecule has 2 aromatic carbocycles. The number of pyridine rings is 1. The summed E-state index contributed by atoms with van der Waals surface area (Å²) in [6, 6.07) is 25.1. The molecule has 0 unspecified atom stereocenters. The van der Waals surface area contributed by atoms with E-state index in [-0.39, 0.29) is 18.0 Å². The first-order valence-electron chi connectivity index (χ1n) is 12.2. The van der Waals surface area contributed by atoms with Gasteiger partial charge in [-0.3, -0.25) is 9.78 Å². The van der Waals surface area contributed by atoms with Crippen molar-refractivity contribution < 1.29 is 4.79 Å². The minimum atomic E-state index is -0.154. The maximum atomic E-state index is 12.8. The molecule has 0 aliphatic carbocycles. The molecule has 0 bridgehead atoms. The van der Waals surface area contributed by atoms with Gasteiger partial charge in [0, 0.05) is 46.9 Å². The molecule has 1 fully saturated rings. The van der Waals surface area contributed by atoms with E-state index in [1.54, 1.807) is 6.20 Å². The van der Waals surface area contributed by atoms with Crippen LogP contribution in [-0.4, -0.2) is 32.0 Å². The highest BCUT2D eigenvalue weighted by molar-refractivity contribution is 7.80. The van der Waals surface area contributed by atoms with Gasteiger partial charge in [-0.25, -0.2) is 0 Å². The van der Waals surface area contributed by atoms with E-state index < -0.39 is 0 Å². The Balaban J connectivity index is 1.48. The molecule has 2 N–H and O–H groups in total. The molecule has 3 heterocycles. The second-order valence-electron chi connectivity index (χ2n) is 9.13. The fourth-order valence-corrected chi connectivity index (χ4v) is 5.57. The number of thiocarbonyl (C=S) groups is 1. The van der Waals surface area contributed by atoms with Gasteiger partial charge in [0.25, 0.3) is 0 Å². The fraction of sp³-hybridized carbons (Fsp3) is 0.207. The summed E-state index contributed by atoms with van der Waals surface area (Å²) in [5.74, 6) is -0.0570. The average molecular weight is 530 g/mol. The van der Waals surface area contributed by atoms with Crippen LogP contribution in [0.3, 0.4) is 0 Å². The third-order valence-corrected chi connectivity index (χ3v) is 7.28. The van der Waals surface area contributed by atoms with Crippen LogP contribution in [0.4, 0.5) is 5.69 Å². The molecule has 0 spiro atoms. The number of hydrogen-bond donors (Lipinski definition) is 2. The van der Waals surface area contributed by atoms with Crippen LogP contribution in [-0.2, 0) is 4.79 Å². The minimum absolute atomic E-state index is 0.0570. The standard InChI is InChI=1S/C29H28ClN5OS/c1-19-17-24(20(2)35(19)23-12-8-9-21(30)18-23)28-27(25-13-6-7-15-31-25)33-29(37)34(28)16-14-26(36)32-22-10-4-3-5-11-22/h3-13,15,17-18,27-28H,14,16H2,1-2H3,(H,32,36)(H,33,37)/t27-,28+/m1/s1. The molecule has 4 aromatic rings. The maximum Gasteiger partial charge on any atom is 0.226 e. The number of halogens is 1. The van der Waals surface area contributed by atoms with Crippen LogP contribution < -0.4 is 10.6 Å². The van der Waals surface area contributed by atoms with E-state index in [4.69, 9.17) is 23.8 Å². The number of nitrogens with one attached hydrogen (secondary N) is 2. The van der Waals surface area contributed by atoms with Gasteiger partial charge in [-0.1, -0.05) is 41.9 Å². The molecular weight excluding hydrogens is 502 g/mol. The summed E-state index contributed by atoms with van der Waals surface area (Å²) in [5, 5.41) is 7.75. The largest absolute Gasteiger partial charge is 0.352 e. The lowest BCUT2D eigenvalue weighted by molar-refractivity contribution is -0.116. The number of benzene rings is 2. The zero-order valence-corrected chi connectivity index (χ0v) is 22.3.